The summed E-state index contributed by atoms with van der Waals surface area (Å²) in [5.41, 5.74) is -0.320. The first-order valence-corrected chi connectivity index (χ1v) is 7.55. The van der Waals surface area contributed by atoms with E-state index in [1.54, 1.807) is 13.2 Å². The third-order valence-corrected chi connectivity index (χ3v) is 3.71. The van der Waals surface area contributed by atoms with Gasteiger partial charge in [0.2, 0.25) is 5.88 Å². The fourth-order valence-corrected chi connectivity index (χ4v) is 2.49. The van der Waals surface area contributed by atoms with E-state index in [-0.39, 0.29) is 22.9 Å². The van der Waals surface area contributed by atoms with Gasteiger partial charge in [0.15, 0.2) is 17.3 Å². The highest BCUT2D eigenvalue weighted by atomic mass is 19.4. The maximum atomic E-state index is 13.0. The summed E-state index contributed by atoms with van der Waals surface area (Å²) in [6, 6.07) is 0.926. The van der Waals surface area contributed by atoms with Gasteiger partial charge in [0.1, 0.15) is 11.2 Å². The Morgan fingerprint density at radius 1 is 1.07 bits per heavy atom. The van der Waals surface area contributed by atoms with Gasteiger partial charge in [-0.15, -0.1) is 5.10 Å². The molecule has 0 aliphatic rings. The van der Waals surface area contributed by atoms with Crippen molar-refractivity contribution in [1.29, 1.82) is 0 Å². The standard InChI is InChI=1S/C15H11F3N8O/c1-25-7-10(23-24-25)14-22-9-3-8(15(16,17)18)4-21-13(9)26(14)11-5-20-12(27-2)6-19-11/h3-7H,1-2H3. The summed E-state index contributed by atoms with van der Waals surface area (Å²) in [5, 5.41) is 7.82. The average molecular weight is 376 g/mol. The summed E-state index contributed by atoms with van der Waals surface area (Å²) in [6.45, 7) is 0. The smallest absolute Gasteiger partial charge is 0.417 e. The average Bonchev–Trinajstić information content (AvgIpc) is 3.23. The largest absolute Gasteiger partial charge is 0.480 e. The van der Waals surface area contributed by atoms with Crippen LogP contribution in [0.5, 0.6) is 5.88 Å². The molecule has 0 fully saturated rings. The third kappa shape index (κ3) is 2.94. The highest BCUT2D eigenvalue weighted by molar-refractivity contribution is 5.79. The third-order valence-electron chi connectivity index (χ3n) is 3.71. The molecule has 9 nitrogen and oxygen atoms in total. The monoisotopic (exact) mass is 376 g/mol. The Balaban J connectivity index is 1.98. The van der Waals surface area contributed by atoms with Gasteiger partial charge < -0.3 is 4.74 Å². The summed E-state index contributed by atoms with van der Waals surface area (Å²) >= 11 is 0. The molecule has 0 atom stereocenters. The van der Waals surface area contributed by atoms with E-state index in [1.807, 2.05) is 0 Å². The predicted octanol–water partition coefficient (Wildman–Crippen LogP) is 2.03. The van der Waals surface area contributed by atoms with E-state index in [2.05, 4.69) is 30.2 Å². The molecule has 12 heteroatoms. The minimum Gasteiger partial charge on any atom is -0.480 e. The van der Waals surface area contributed by atoms with Crippen molar-refractivity contribution < 1.29 is 17.9 Å². The van der Waals surface area contributed by atoms with Crippen molar-refractivity contribution in [3.05, 3.63) is 36.4 Å². The van der Waals surface area contributed by atoms with Gasteiger partial charge in [-0.05, 0) is 6.07 Å². The van der Waals surface area contributed by atoms with Crippen molar-refractivity contribution in [2.24, 2.45) is 7.05 Å². The van der Waals surface area contributed by atoms with Crippen molar-refractivity contribution in [2.45, 2.75) is 6.18 Å². The molecule has 4 aromatic rings. The number of nitrogens with zero attached hydrogens (tertiary/aromatic N) is 8. The van der Waals surface area contributed by atoms with Gasteiger partial charge in [-0.2, -0.15) is 13.2 Å². The number of aryl methyl sites for hydroxylation is 1. The maximum absolute atomic E-state index is 13.0. The molecular formula is C15H11F3N8O. The molecule has 0 bridgehead atoms. The van der Waals surface area contributed by atoms with Crippen molar-refractivity contribution >= 4 is 11.2 Å². The highest BCUT2D eigenvalue weighted by Gasteiger charge is 2.32. The number of hydrogen-bond donors (Lipinski definition) is 0. The number of imidazole rings is 1. The van der Waals surface area contributed by atoms with Gasteiger partial charge in [-0.1, -0.05) is 5.21 Å². The van der Waals surface area contributed by atoms with Crippen molar-refractivity contribution in [2.75, 3.05) is 7.11 Å². The first kappa shape index (κ1) is 16.9. The van der Waals surface area contributed by atoms with Crippen LogP contribution in [-0.4, -0.2) is 46.6 Å². The molecule has 0 radical (unpaired) electrons. The molecule has 4 heterocycles. The van der Waals surface area contributed by atoms with E-state index < -0.39 is 11.7 Å². The van der Waals surface area contributed by atoms with Gasteiger partial charge in [0.25, 0.3) is 0 Å². The van der Waals surface area contributed by atoms with Crippen LogP contribution in [0.15, 0.2) is 30.9 Å². The second-order valence-electron chi connectivity index (χ2n) is 5.53. The fourth-order valence-electron chi connectivity index (χ4n) is 2.49. The van der Waals surface area contributed by atoms with Gasteiger partial charge in [0.05, 0.1) is 31.3 Å². The van der Waals surface area contributed by atoms with Gasteiger partial charge >= 0.3 is 6.18 Å². The van der Waals surface area contributed by atoms with E-state index in [9.17, 15) is 13.2 Å². The van der Waals surface area contributed by atoms with Crippen molar-refractivity contribution in [3.63, 3.8) is 0 Å². The molecule has 0 amide bonds. The van der Waals surface area contributed by atoms with Crippen LogP contribution >= 0.6 is 0 Å². The Bertz CT molecular complexity index is 1120. The van der Waals surface area contributed by atoms with E-state index in [0.29, 0.717) is 11.5 Å². The Labute approximate surface area is 149 Å². The number of ether oxygens (including phenoxy) is 1. The molecule has 0 aromatic carbocycles. The number of aromatic nitrogens is 8. The topological polar surface area (TPSA) is 96.4 Å². The minimum absolute atomic E-state index is 0.0445. The zero-order chi connectivity index (χ0) is 19.2. The molecule has 4 rings (SSSR count). The lowest BCUT2D eigenvalue weighted by Gasteiger charge is -2.07. The molecule has 0 spiro atoms. The summed E-state index contributed by atoms with van der Waals surface area (Å²) in [5.74, 6) is 0.826. The first-order chi connectivity index (χ1) is 12.9. The minimum atomic E-state index is -4.53. The number of fused-ring (bicyclic) bond motifs is 1. The summed E-state index contributed by atoms with van der Waals surface area (Å²) in [4.78, 5) is 16.5. The predicted molar refractivity (Wildman–Crippen MR) is 86.0 cm³/mol. The summed E-state index contributed by atoms with van der Waals surface area (Å²) in [6.07, 6.45) is 0.583. The lowest BCUT2D eigenvalue weighted by atomic mass is 10.2. The van der Waals surface area contributed by atoms with Crippen LogP contribution < -0.4 is 4.74 Å². The number of pyridine rings is 1. The molecule has 27 heavy (non-hydrogen) atoms. The molecule has 0 unspecified atom stereocenters. The first-order valence-electron chi connectivity index (χ1n) is 7.55. The number of methoxy groups -OCH3 is 1. The molecule has 0 aliphatic carbocycles. The van der Waals surface area contributed by atoms with E-state index in [0.717, 1.165) is 12.3 Å². The molecular weight excluding hydrogens is 365 g/mol. The Hall–Kier alpha value is -3.57. The van der Waals surface area contributed by atoms with Crippen LogP contribution in [0.3, 0.4) is 0 Å². The normalized spacial score (nSPS) is 11.9. The number of hydrogen-bond acceptors (Lipinski definition) is 7. The van der Waals surface area contributed by atoms with Crippen LogP contribution in [0.25, 0.3) is 28.5 Å². The van der Waals surface area contributed by atoms with Crippen LogP contribution in [0, 0.1) is 0 Å². The Morgan fingerprint density at radius 2 is 1.89 bits per heavy atom. The highest BCUT2D eigenvalue weighted by Crippen LogP contribution is 2.32. The van der Waals surface area contributed by atoms with Crippen molar-refractivity contribution in [1.82, 2.24) is 39.5 Å². The fraction of sp³-hybridized carbons (Fsp3) is 0.200. The molecule has 0 saturated heterocycles. The van der Waals surface area contributed by atoms with E-state index in [1.165, 1.54) is 28.8 Å². The SMILES string of the molecule is COc1cnc(-n2c(-c3cn(C)nn3)nc3cc(C(F)(F)F)cnc32)cn1. The lowest BCUT2D eigenvalue weighted by Crippen LogP contribution is -2.06. The molecule has 138 valence electrons. The van der Waals surface area contributed by atoms with Crippen LogP contribution in [0.2, 0.25) is 0 Å². The number of rotatable bonds is 3. The quantitative estimate of drug-likeness (QED) is 0.540. The van der Waals surface area contributed by atoms with Gasteiger partial charge in [-0.25, -0.2) is 19.9 Å². The Morgan fingerprint density at radius 3 is 2.48 bits per heavy atom. The molecule has 0 N–H and O–H groups in total. The second-order valence-corrected chi connectivity index (χ2v) is 5.53. The summed E-state index contributed by atoms with van der Waals surface area (Å²) in [7, 11) is 3.11. The van der Waals surface area contributed by atoms with E-state index in [4.69, 9.17) is 4.74 Å². The van der Waals surface area contributed by atoms with Gasteiger partial charge in [0, 0.05) is 13.2 Å². The molecule has 4 aromatic heterocycles. The number of alkyl halides is 3. The molecule has 0 aliphatic heterocycles. The molecule has 0 saturated carbocycles. The zero-order valence-corrected chi connectivity index (χ0v) is 14.0. The van der Waals surface area contributed by atoms with Crippen LogP contribution in [-0.2, 0) is 13.2 Å². The number of halogens is 3. The summed E-state index contributed by atoms with van der Waals surface area (Å²) < 4.78 is 47.0. The zero-order valence-electron chi connectivity index (χ0n) is 14.0. The van der Waals surface area contributed by atoms with Crippen LogP contribution in [0.4, 0.5) is 13.2 Å². The van der Waals surface area contributed by atoms with Gasteiger partial charge in [-0.3, -0.25) is 9.25 Å². The van der Waals surface area contributed by atoms with Crippen LogP contribution in [0.1, 0.15) is 5.56 Å². The Kier molecular flexibility index (Phi) is 3.75. The second kappa shape index (κ2) is 6.00. The van der Waals surface area contributed by atoms with E-state index >= 15 is 0 Å². The van der Waals surface area contributed by atoms with Crippen molar-refractivity contribution in [3.8, 4) is 23.2 Å². The lowest BCUT2D eigenvalue weighted by molar-refractivity contribution is -0.137. The maximum Gasteiger partial charge on any atom is 0.417 e.